The van der Waals surface area contributed by atoms with Crippen molar-refractivity contribution in [3.8, 4) is 11.5 Å². The van der Waals surface area contributed by atoms with Crippen molar-refractivity contribution in [2.24, 2.45) is 10.2 Å². The van der Waals surface area contributed by atoms with Gasteiger partial charge in [-0.2, -0.15) is 13.5 Å². The summed E-state index contributed by atoms with van der Waals surface area (Å²) in [6.45, 7) is 3.95. The van der Waals surface area contributed by atoms with Gasteiger partial charge in [0.1, 0.15) is 16.3 Å². The number of ether oxygens (including phenoxy) is 1. The molecule has 0 radical (unpaired) electrons. The van der Waals surface area contributed by atoms with Gasteiger partial charge in [-0.05, 0) is 54.6 Å². The summed E-state index contributed by atoms with van der Waals surface area (Å²) < 4.78 is 38.7. The molecule has 4 rings (SSSR count). The summed E-state index contributed by atoms with van der Waals surface area (Å²) in [6.07, 6.45) is 0.420. The molecule has 4 aromatic carbocycles. The van der Waals surface area contributed by atoms with E-state index in [4.69, 9.17) is 27.9 Å². The number of hydrogen-bond acceptors (Lipinski definition) is 7. The van der Waals surface area contributed by atoms with E-state index >= 15 is 0 Å². The third-order valence-electron chi connectivity index (χ3n) is 5.73. The monoisotopic (exact) mass is 609 g/mol. The third-order valence-corrected chi connectivity index (χ3v) is 7.43. The minimum atomic E-state index is -4.64. The van der Waals surface area contributed by atoms with Crippen molar-refractivity contribution in [1.82, 2.24) is 0 Å². The molecule has 0 aliphatic carbocycles. The van der Waals surface area contributed by atoms with Crippen LogP contribution in [-0.4, -0.2) is 25.5 Å². The number of fused-ring (bicyclic) bond motifs is 1. The van der Waals surface area contributed by atoms with Crippen LogP contribution in [0.5, 0.6) is 11.5 Å². The zero-order chi connectivity index (χ0) is 28.3. The summed E-state index contributed by atoms with van der Waals surface area (Å²) in [5.74, 6) is -1.01. The molecule has 0 atom stereocenters. The minimum Gasteiger partial charge on any atom is -0.870 e. The number of carbonyl (C=O) groups excluding carboxylic acids is 1. The van der Waals surface area contributed by atoms with Gasteiger partial charge in [0, 0.05) is 22.7 Å². The number of carbonyl (C=O) groups is 1. The summed E-state index contributed by atoms with van der Waals surface area (Å²) in [6, 6.07) is 15.7. The molecule has 13 heteroatoms. The molecule has 0 bridgehead atoms. The normalized spacial score (nSPS) is 11.4. The SMILES string of the molecule is CCOc1cc(NC(=O)c2cc3ccccc3c(N=Nc3cc(CC)cc(S(=O)(=O)O)c3Cl)c2[O-])ccc1Cl.[Na+]. The molecule has 0 aliphatic heterocycles. The number of nitrogens with zero attached hydrogens (tertiary/aromatic N) is 2. The molecule has 4 aromatic rings. The van der Waals surface area contributed by atoms with Crippen molar-refractivity contribution in [2.75, 3.05) is 11.9 Å². The van der Waals surface area contributed by atoms with Crippen LogP contribution >= 0.6 is 23.2 Å². The molecule has 40 heavy (non-hydrogen) atoms. The van der Waals surface area contributed by atoms with Crippen LogP contribution in [0.2, 0.25) is 10.0 Å². The van der Waals surface area contributed by atoms with E-state index in [1.54, 1.807) is 56.3 Å². The smallest absolute Gasteiger partial charge is 0.870 e. The molecule has 9 nitrogen and oxygen atoms in total. The van der Waals surface area contributed by atoms with E-state index in [1.807, 2.05) is 0 Å². The summed E-state index contributed by atoms with van der Waals surface area (Å²) in [5, 5.41) is 25.3. The molecular formula is C27H22Cl2N3NaO6S. The number of rotatable bonds is 8. The van der Waals surface area contributed by atoms with Crippen molar-refractivity contribution in [3.63, 3.8) is 0 Å². The van der Waals surface area contributed by atoms with E-state index in [-0.39, 0.29) is 51.5 Å². The number of benzene rings is 4. The number of azo groups is 1. The molecule has 0 spiro atoms. The Morgan fingerprint density at radius 1 is 1.05 bits per heavy atom. The Hall–Kier alpha value is -2.70. The van der Waals surface area contributed by atoms with E-state index in [0.717, 1.165) is 0 Å². The van der Waals surface area contributed by atoms with Crippen LogP contribution in [0.15, 0.2) is 75.8 Å². The van der Waals surface area contributed by atoms with Gasteiger partial charge in [-0.25, -0.2) is 0 Å². The van der Waals surface area contributed by atoms with E-state index in [1.165, 1.54) is 18.2 Å². The van der Waals surface area contributed by atoms with Crippen molar-refractivity contribution >= 4 is 67.1 Å². The zero-order valence-corrected chi connectivity index (χ0v) is 26.1. The van der Waals surface area contributed by atoms with Gasteiger partial charge in [0.25, 0.3) is 16.0 Å². The number of halogens is 2. The Morgan fingerprint density at radius 3 is 2.45 bits per heavy atom. The average molecular weight is 610 g/mol. The number of anilines is 1. The van der Waals surface area contributed by atoms with Crippen molar-refractivity contribution in [1.29, 1.82) is 0 Å². The Labute approximate surface area is 263 Å². The first-order valence-electron chi connectivity index (χ1n) is 11.7. The van der Waals surface area contributed by atoms with Crippen molar-refractivity contribution < 1.29 is 57.2 Å². The number of nitrogens with one attached hydrogen (secondary N) is 1. The molecule has 0 fully saturated rings. The molecule has 0 unspecified atom stereocenters. The van der Waals surface area contributed by atoms with Crippen LogP contribution in [0.3, 0.4) is 0 Å². The second-order valence-electron chi connectivity index (χ2n) is 8.31. The molecule has 0 aliphatic rings. The minimum absolute atomic E-state index is 0. The molecule has 202 valence electrons. The van der Waals surface area contributed by atoms with Crippen molar-refractivity contribution in [3.05, 3.63) is 81.8 Å². The number of hydrogen-bond donors (Lipinski definition) is 2. The Balaban J connectivity index is 0.00000441. The van der Waals surface area contributed by atoms with Crippen LogP contribution in [0, 0.1) is 0 Å². The average Bonchev–Trinajstić information content (AvgIpc) is 2.90. The van der Waals surface area contributed by atoms with Gasteiger partial charge in [-0.15, -0.1) is 5.11 Å². The van der Waals surface area contributed by atoms with Crippen LogP contribution in [0.4, 0.5) is 17.1 Å². The van der Waals surface area contributed by atoms with Crippen LogP contribution < -0.4 is 44.7 Å². The van der Waals surface area contributed by atoms with E-state index < -0.39 is 26.7 Å². The van der Waals surface area contributed by atoms with Crippen molar-refractivity contribution in [2.45, 2.75) is 25.2 Å². The summed E-state index contributed by atoms with van der Waals surface area (Å²) in [4.78, 5) is 12.7. The topological polar surface area (TPSA) is 140 Å². The molecule has 0 aromatic heterocycles. The van der Waals surface area contributed by atoms with E-state index in [9.17, 15) is 22.9 Å². The number of amides is 1. The van der Waals surface area contributed by atoms with Gasteiger partial charge in [0.05, 0.1) is 22.3 Å². The molecule has 0 saturated carbocycles. The molecule has 0 saturated heterocycles. The van der Waals surface area contributed by atoms with Crippen LogP contribution in [0.1, 0.15) is 29.8 Å². The first kappa shape index (κ1) is 31.8. The van der Waals surface area contributed by atoms with E-state index in [2.05, 4.69) is 15.5 Å². The van der Waals surface area contributed by atoms with Gasteiger partial charge in [0.2, 0.25) is 0 Å². The summed E-state index contributed by atoms with van der Waals surface area (Å²) in [7, 11) is -4.64. The standard InChI is InChI=1S/C27H23Cl2N3O6S.Na/c1-3-15-11-21(24(29)23(12-15)39(35,36)37)31-32-25-18-8-6-5-7-16(18)13-19(26(25)33)27(34)30-17-9-10-20(28)22(14-17)38-4-2;/h5-14,33H,3-4H2,1-2H3,(H,30,34)(H,35,36,37);/q;+1/p-1. The van der Waals surface area contributed by atoms with Gasteiger partial charge in [-0.1, -0.05) is 60.1 Å². The molecule has 2 N–H and O–H groups in total. The fourth-order valence-corrected chi connectivity index (χ4v) is 5.07. The predicted molar refractivity (Wildman–Crippen MR) is 149 cm³/mol. The number of aryl methyl sites for hydroxylation is 1. The molecular weight excluding hydrogens is 588 g/mol. The molecule has 1 amide bonds. The predicted octanol–water partition coefficient (Wildman–Crippen LogP) is 4.10. The van der Waals surface area contributed by atoms with Crippen LogP contribution in [0.25, 0.3) is 10.8 Å². The van der Waals surface area contributed by atoms with Gasteiger partial charge >= 0.3 is 29.6 Å². The van der Waals surface area contributed by atoms with Crippen LogP contribution in [-0.2, 0) is 16.5 Å². The maximum absolute atomic E-state index is 13.5. The Morgan fingerprint density at radius 2 is 1.77 bits per heavy atom. The fraction of sp³-hybridized carbons (Fsp3) is 0.148. The third kappa shape index (κ3) is 6.95. The largest absolute Gasteiger partial charge is 1.00 e. The van der Waals surface area contributed by atoms with E-state index in [0.29, 0.717) is 45.8 Å². The maximum atomic E-state index is 13.5. The quantitative estimate of drug-likeness (QED) is 0.175. The Kier molecular flexibility index (Phi) is 10.6. The molecule has 0 heterocycles. The zero-order valence-electron chi connectivity index (χ0n) is 21.7. The first-order valence-corrected chi connectivity index (χ1v) is 13.9. The summed E-state index contributed by atoms with van der Waals surface area (Å²) >= 11 is 12.3. The van der Waals surface area contributed by atoms with Gasteiger partial charge in [0.15, 0.2) is 0 Å². The van der Waals surface area contributed by atoms with Gasteiger partial charge in [-0.3, -0.25) is 9.35 Å². The summed E-state index contributed by atoms with van der Waals surface area (Å²) in [5.41, 5.74) is 0.491. The fourth-order valence-electron chi connectivity index (χ4n) is 3.83. The maximum Gasteiger partial charge on any atom is 1.00 e. The Bertz CT molecular complexity index is 1730. The second kappa shape index (κ2) is 13.3. The van der Waals surface area contributed by atoms with Gasteiger partial charge < -0.3 is 15.2 Å². The second-order valence-corrected chi connectivity index (χ2v) is 10.5. The first-order chi connectivity index (χ1) is 18.5.